The summed E-state index contributed by atoms with van der Waals surface area (Å²) < 4.78 is 9.60. The Bertz CT molecular complexity index is 4240. The number of benzene rings is 9. The maximum absolute atomic E-state index is 5.11. The zero-order valence-electron chi connectivity index (χ0n) is 35.5. The molecule has 5 nitrogen and oxygen atoms in total. The van der Waals surface area contributed by atoms with Gasteiger partial charge in [0, 0.05) is 66.3 Å². The lowest BCUT2D eigenvalue weighted by Crippen LogP contribution is -1.99. The number of rotatable bonds is 5. The summed E-state index contributed by atoms with van der Waals surface area (Å²) in [6, 6.07) is 77.5. The van der Waals surface area contributed by atoms with Gasteiger partial charge in [0.15, 0.2) is 0 Å². The number of fused-ring (bicyclic) bond motifs is 12. The van der Waals surface area contributed by atoms with E-state index in [1.165, 1.54) is 81.8 Å². The van der Waals surface area contributed by atoms with E-state index in [1.54, 1.807) is 0 Å². The Balaban J connectivity index is 0.966. The Morgan fingerprint density at radius 1 is 0.277 bits per heavy atom. The van der Waals surface area contributed by atoms with Gasteiger partial charge < -0.3 is 13.7 Å². The molecule has 0 aliphatic carbocycles. The summed E-state index contributed by atoms with van der Waals surface area (Å²) in [5.41, 5.74) is 16.2. The van der Waals surface area contributed by atoms with E-state index in [2.05, 4.69) is 238 Å². The molecule has 0 spiro atoms. The molecule has 5 aromatic heterocycles. The molecule has 14 rings (SSSR count). The van der Waals surface area contributed by atoms with Crippen molar-refractivity contribution in [1.82, 2.24) is 23.3 Å². The Morgan fingerprint density at radius 3 is 1.29 bits per heavy atom. The maximum atomic E-state index is 5.11. The van der Waals surface area contributed by atoms with Crippen LogP contribution < -0.4 is 0 Å². The van der Waals surface area contributed by atoms with Crippen LogP contribution >= 0.6 is 0 Å². The van der Waals surface area contributed by atoms with Crippen LogP contribution in [-0.4, -0.2) is 23.3 Å². The highest BCUT2D eigenvalue weighted by atomic mass is 15.1. The molecule has 0 atom stereocenters. The Morgan fingerprint density at radius 2 is 0.708 bits per heavy atom. The molecule has 0 bridgehead atoms. The van der Waals surface area contributed by atoms with Crippen LogP contribution in [0.1, 0.15) is 5.56 Å². The van der Waals surface area contributed by atoms with E-state index in [4.69, 9.17) is 4.98 Å². The summed E-state index contributed by atoms with van der Waals surface area (Å²) in [5.74, 6) is 0.879. The molecule has 0 N–H and O–H groups in total. The van der Waals surface area contributed by atoms with Crippen molar-refractivity contribution in [2.75, 3.05) is 0 Å². The number of hydrogen-bond acceptors (Lipinski definition) is 1. The molecule has 304 valence electrons. The smallest absolute Gasteiger partial charge is 0.138 e. The molecule has 0 unspecified atom stereocenters. The predicted molar refractivity (Wildman–Crippen MR) is 272 cm³/mol. The van der Waals surface area contributed by atoms with Crippen molar-refractivity contribution in [2.24, 2.45) is 0 Å². The van der Waals surface area contributed by atoms with Gasteiger partial charge >= 0.3 is 0 Å². The second-order valence-electron chi connectivity index (χ2n) is 17.3. The highest BCUT2D eigenvalue weighted by Gasteiger charge is 2.21. The van der Waals surface area contributed by atoms with Crippen LogP contribution in [0.4, 0.5) is 0 Å². The van der Waals surface area contributed by atoms with E-state index in [0.717, 1.165) is 45.0 Å². The molecule has 9 aromatic carbocycles. The molecule has 0 saturated carbocycles. The first kappa shape index (κ1) is 35.9. The third-order valence-corrected chi connectivity index (χ3v) is 13.6. The van der Waals surface area contributed by atoms with Crippen molar-refractivity contribution in [1.29, 1.82) is 0 Å². The molecular formula is C60H39N5. The molecule has 0 radical (unpaired) electrons. The van der Waals surface area contributed by atoms with Gasteiger partial charge in [-0.2, -0.15) is 0 Å². The van der Waals surface area contributed by atoms with E-state index in [1.807, 2.05) is 6.20 Å². The van der Waals surface area contributed by atoms with Gasteiger partial charge in [-0.15, -0.1) is 0 Å². The minimum atomic E-state index is 0.879. The average Bonchev–Trinajstić information content (AvgIpc) is 4.07. The monoisotopic (exact) mass is 829 g/mol. The van der Waals surface area contributed by atoms with Crippen molar-refractivity contribution >= 4 is 87.2 Å². The van der Waals surface area contributed by atoms with Crippen molar-refractivity contribution in [3.05, 3.63) is 224 Å². The normalized spacial score (nSPS) is 12.1. The molecule has 65 heavy (non-hydrogen) atoms. The van der Waals surface area contributed by atoms with E-state index in [0.29, 0.717) is 0 Å². The quantitative estimate of drug-likeness (QED) is 0.170. The van der Waals surface area contributed by atoms with Crippen molar-refractivity contribution < 1.29 is 0 Å². The van der Waals surface area contributed by atoms with Crippen molar-refractivity contribution in [2.45, 2.75) is 6.92 Å². The molecule has 5 heteroatoms. The fraction of sp³-hybridized carbons (Fsp3) is 0.0167. The van der Waals surface area contributed by atoms with E-state index in [-0.39, 0.29) is 0 Å². The number of nitrogens with zero attached hydrogens (tertiary/aromatic N) is 5. The summed E-state index contributed by atoms with van der Waals surface area (Å²) >= 11 is 0. The lowest BCUT2D eigenvalue weighted by molar-refractivity contribution is 1.08. The zero-order valence-corrected chi connectivity index (χ0v) is 35.5. The van der Waals surface area contributed by atoms with E-state index >= 15 is 0 Å². The minimum Gasteiger partial charge on any atom is -0.309 e. The molecular weight excluding hydrogens is 791 g/mol. The molecule has 0 aliphatic heterocycles. The van der Waals surface area contributed by atoms with Crippen LogP contribution in [0.25, 0.3) is 121 Å². The number of hydrogen-bond donors (Lipinski definition) is 0. The predicted octanol–water partition coefficient (Wildman–Crippen LogP) is 15.4. The lowest BCUT2D eigenvalue weighted by Gasteiger charge is -2.13. The number of para-hydroxylation sites is 5. The molecule has 0 fully saturated rings. The van der Waals surface area contributed by atoms with Gasteiger partial charge in [-0.1, -0.05) is 115 Å². The van der Waals surface area contributed by atoms with E-state index < -0.39 is 0 Å². The average molecular weight is 830 g/mol. The number of aromatic nitrogens is 5. The van der Waals surface area contributed by atoms with Gasteiger partial charge in [-0.05, 0) is 121 Å². The van der Waals surface area contributed by atoms with Gasteiger partial charge in [0.1, 0.15) is 5.82 Å². The van der Waals surface area contributed by atoms with Crippen LogP contribution in [0, 0.1) is 6.92 Å². The first-order valence-electron chi connectivity index (χ1n) is 22.3. The molecule has 0 saturated heterocycles. The summed E-state index contributed by atoms with van der Waals surface area (Å²) in [7, 11) is 0. The van der Waals surface area contributed by atoms with E-state index in [9.17, 15) is 0 Å². The molecule has 14 aromatic rings. The third kappa shape index (κ3) is 5.24. The van der Waals surface area contributed by atoms with Crippen molar-refractivity contribution in [3.63, 3.8) is 0 Å². The summed E-state index contributed by atoms with van der Waals surface area (Å²) in [5, 5.41) is 9.88. The largest absolute Gasteiger partial charge is 0.309 e. The van der Waals surface area contributed by atoms with Crippen molar-refractivity contribution in [3.8, 4) is 34.0 Å². The highest BCUT2D eigenvalue weighted by molar-refractivity contribution is 6.20. The second-order valence-corrected chi connectivity index (χ2v) is 17.3. The van der Waals surface area contributed by atoms with Crippen LogP contribution in [0.5, 0.6) is 0 Å². The topological polar surface area (TPSA) is 32.6 Å². The SMILES string of the molecule is Cc1ccc2c3cc4c5ccccc5n(-c5cc(-c6cccc(-n7c8ccccc8c8cc9c%10ccccc%10n(-c%10ccccc%10)c9cc87)c6)ccn5)c4cc3n(-c3ccccc3)c2c1. The van der Waals surface area contributed by atoms with Gasteiger partial charge in [0.05, 0.1) is 44.1 Å². The zero-order chi connectivity index (χ0) is 42.8. The highest BCUT2D eigenvalue weighted by Crippen LogP contribution is 2.42. The van der Waals surface area contributed by atoms with Gasteiger partial charge in [-0.25, -0.2) is 4.98 Å². The standard InChI is InChI=1S/C60H39N5/c1-38-27-28-47-51-35-50-46-23-10-13-26-54(46)65(59(50)37-57(51)63(55(47)31-38)42-18-6-3-7-19-42)60-33-40(29-30-61-60)39-15-14-20-43(32-39)64-53-25-12-9-22-45(53)49-34-48-44-21-8-11-24-52(44)62(56(48)36-58(49)64)41-16-4-2-5-17-41/h2-37H,1H3. The summed E-state index contributed by atoms with van der Waals surface area (Å²) in [6.07, 6.45) is 1.96. The number of pyridine rings is 1. The Kier molecular flexibility index (Phi) is 7.54. The van der Waals surface area contributed by atoms with Crippen LogP contribution in [0.3, 0.4) is 0 Å². The Labute approximate surface area is 373 Å². The molecule has 0 amide bonds. The molecule has 5 heterocycles. The van der Waals surface area contributed by atoms with Gasteiger partial charge in [-0.3, -0.25) is 4.57 Å². The van der Waals surface area contributed by atoms with Crippen LogP contribution in [0.2, 0.25) is 0 Å². The second kappa shape index (κ2) is 13.7. The maximum Gasteiger partial charge on any atom is 0.138 e. The fourth-order valence-corrected chi connectivity index (χ4v) is 10.8. The third-order valence-electron chi connectivity index (χ3n) is 13.6. The number of aryl methyl sites for hydroxylation is 1. The van der Waals surface area contributed by atoms with Crippen LogP contribution in [-0.2, 0) is 0 Å². The van der Waals surface area contributed by atoms with Gasteiger partial charge in [0.25, 0.3) is 0 Å². The van der Waals surface area contributed by atoms with Gasteiger partial charge in [0.2, 0.25) is 0 Å². The first-order chi connectivity index (χ1) is 32.2. The summed E-state index contributed by atoms with van der Waals surface area (Å²) in [6.45, 7) is 2.17. The summed E-state index contributed by atoms with van der Waals surface area (Å²) in [4.78, 5) is 5.11. The molecule has 0 aliphatic rings. The minimum absolute atomic E-state index is 0.879. The first-order valence-corrected chi connectivity index (χ1v) is 22.3. The fourth-order valence-electron chi connectivity index (χ4n) is 10.8. The lowest BCUT2D eigenvalue weighted by atomic mass is 10.1. The van der Waals surface area contributed by atoms with Crippen LogP contribution in [0.15, 0.2) is 219 Å². The Hall–Kier alpha value is -8.67.